The number of amides is 1. The van der Waals surface area contributed by atoms with Gasteiger partial charge in [0.15, 0.2) is 0 Å². The van der Waals surface area contributed by atoms with Gasteiger partial charge < -0.3 is 10.1 Å². The highest BCUT2D eigenvalue weighted by molar-refractivity contribution is 5.73. The van der Waals surface area contributed by atoms with Crippen molar-refractivity contribution in [3.8, 4) is 0 Å². The topological polar surface area (TPSA) is 68.3 Å². The Labute approximate surface area is 107 Å². The predicted octanol–water partition coefficient (Wildman–Crippen LogP) is 1.63. The Morgan fingerprint density at radius 1 is 1.56 bits per heavy atom. The van der Waals surface area contributed by atoms with Crippen LogP contribution in [0.4, 0.5) is 4.79 Å². The van der Waals surface area contributed by atoms with E-state index in [0.717, 1.165) is 5.56 Å². The molecule has 1 aromatic rings. The Kier molecular flexibility index (Phi) is 4.83. The molecule has 0 fully saturated rings. The van der Waals surface area contributed by atoms with Gasteiger partial charge in [-0.05, 0) is 32.4 Å². The second-order valence-electron chi connectivity index (χ2n) is 4.88. The van der Waals surface area contributed by atoms with Crippen molar-refractivity contribution in [1.29, 1.82) is 0 Å². The van der Waals surface area contributed by atoms with E-state index in [9.17, 15) is 9.59 Å². The van der Waals surface area contributed by atoms with Crippen molar-refractivity contribution < 1.29 is 14.3 Å². The van der Waals surface area contributed by atoms with Crippen molar-refractivity contribution in [1.82, 2.24) is 10.3 Å². The summed E-state index contributed by atoms with van der Waals surface area (Å²) < 4.78 is 5.06. The van der Waals surface area contributed by atoms with Gasteiger partial charge in [-0.3, -0.25) is 9.78 Å². The first kappa shape index (κ1) is 14.2. The van der Waals surface area contributed by atoms with E-state index in [2.05, 4.69) is 10.3 Å². The zero-order chi connectivity index (χ0) is 13.6. The molecule has 1 heterocycles. The van der Waals surface area contributed by atoms with Gasteiger partial charge in [-0.1, -0.05) is 6.07 Å². The van der Waals surface area contributed by atoms with Crippen LogP contribution in [-0.4, -0.2) is 29.0 Å². The average molecular weight is 249 g/mol. The fraction of sp³-hybridized carbons (Fsp3) is 0.462. The van der Waals surface area contributed by atoms with Crippen molar-refractivity contribution in [2.45, 2.75) is 38.8 Å². The molecule has 1 radical (unpaired) electrons. The van der Waals surface area contributed by atoms with Gasteiger partial charge >= 0.3 is 6.09 Å². The summed E-state index contributed by atoms with van der Waals surface area (Å²) in [6.07, 6.45) is 4.78. The number of carbonyl (C=O) groups is 1. The van der Waals surface area contributed by atoms with Crippen molar-refractivity contribution in [3.63, 3.8) is 0 Å². The van der Waals surface area contributed by atoms with Crippen LogP contribution in [0.5, 0.6) is 0 Å². The molecule has 0 aliphatic heterocycles. The fourth-order valence-corrected chi connectivity index (χ4v) is 1.33. The van der Waals surface area contributed by atoms with E-state index in [-0.39, 0.29) is 0 Å². The number of pyridine rings is 1. The third-order valence-corrected chi connectivity index (χ3v) is 2.00. The molecule has 5 nitrogen and oxygen atoms in total. The summed E-state index contributed by atoms with van der Waals surface area (Å²) in [5, 5.41) is 2.46. The van der Waals surface area contributed by atoms with Crippen LogP contribution in [-0.2, 0) is 16.0 Å². The zero-order valence-electron chi connectivity index (χ0n) is 10.8. The molecule has 0 unspecified atom stereocenters. The molecule has 5 heteroatoms. The average Bonchev–Trinajstić information content (AvgIpc) is 2.27. The summed E-state index contributed by atoms with van der Waals surface area (Å²) in [5.41, 5.74) is 0.258. The smallest absolute Gasteiger partial charge is 0.408 e. The molecule has 1 N–H and O–H groups in total. The zero-order valence-corrected chi connectivity index (χ0v) is 10.8. The number of alkyl carbamates (subject to hydrolysis) is 1. The molecule has 0 saturated carbocycles. The second-order valence-corrected chi connectivity index (χ2v) is 4.88. The van der Waals surface area contributed by atoms with Crippen LogP contribution in [0, 0.1) is 0 Å². The monoisotopic (exact) mass is 249 g/mol. The quantitative estimate of drug-likeness (QED) is 0.880. The van der Waals surface area contributed by atoms with E-state index in [1.54, 1.807) is 45.5 Å². The molecule has 0 aromatic carbocycles. The number of nitrogens with one attached hydrogen (secondary N) is 1. The maximum atomic E-state index is 11.5. The van der Waals surface area contributed by atoms with Gasteiger partial charge in [-0.15, -0.1) is 0 Å². The van der Waals surface area contributed by atoms with Crippen LogP contribution in [0.25, 0.3) is 0 Å². The molecule has 1 amide bonds. The van der Waals surface area contributed by atoms with Crippen LogP contribution in [0.2, 0.25) is 0 Å². The highest BCUT2D eigenvalue weighted by atomic mass is 16.6. The highest BCUT2D eigenvalue weighted by Crippen LogP contribution is 2.07. The molecule has 1 aromatic heterocycles. The third-order valence-electron chi connectivity index (χ3n) is 2.00. The van der Waals surface area contributed by atoms with Gasteiger partial charge in [0, 0.05) is 18.8 Å². The lowest BCUT2D eigenvalue weighted by atomic mass is 10.1. The molecular formula is C13H17N2O3. The standard InChI is InChI=1S/C13H17N2O3/c1-13(2,3)18-12(17)15-11(9-16)7-10-5-4-6-14-8-10/h4-6,8,11H,7H2,1-3H3,(H,15,17)/t11-/m0/s1. The van der Waals surface area contributed by atoms with E-state index in [0.29, 0.717) is 6.42 Å². The Balaban J connectivity index is 2.53. The lowest BCUT2D eigenvalue weighted by molar-refractivity contribution is 0.0517. The number of ether oxygens (including phenoxy) is 1. The van der Waals surface area contributed by atoms with Crippen LogP contribution in [0.3, 0.4) is 0 Å². The van der Waals surface area contributed by atoms with Gasteiger partial charge in [0.2, 0.25) is 6.29 Å². The summed E-state index contributed by atoms with van der Waals surface area (Å²) in [4.78, 5) is 26.2. The van der Waals surface area contributed by atoms with Gasteiger partial charge in [0.05, 0.1) is 0 Å². The molecule has 1 atom stereocenters. The van der Waals surface area contributed by atoms with Gasteiger partial charge in [0.1, 0.15) is 11.6 Å². The number of aromatic nitrogens is 1. The Bertz CT molecular complexity index is 398. The molecule has 1 rings (SSSR count). The van der Waals surface area contributed by atoms with Crippen LogP contribution >= 0.6 is 0 Å². The van der Waals surface area contributed by atoms with E-state index in [1.165, 1.54) is 0 Å². The van der Waals surface area contributed by atoms with Gasteiger partial charge in [-0.25, -0.2) is 4.79 Å². The van der Waals surface area contributed by atoms with Gasteiger partial charge in [-0.2, -0.15) is 0 Å². The third kappa shape index (κ3) is 5.43. The summed E-state index contributed by atoms with van der Waals surface area (Å²) in [6, 6.07) is 2.86. The lowest BCUT2D eigenvalue weighted by Crippen LogP contribution is -2.41. The number of hydrogen-bond acceptors (Lipinski definition) is 4. The molecule has 0 aliphatic rings. The number of hydrogen-bond donors (Lipinski definition) is 1. The molecule has 18 heavy (non-hydrogen) atoms. The normalized spacial score (nSPS) is 12.6. The SMILES string of the molecule is CC(C)(C)OC(=O)N[C@H]([C]=O)Cc1cccnc1. The first-order valence-corrected chi connectivity index (χ1v) is 5.67. The first-order valence-electron chi connectivity index (χ1n) is 5.67. The molecule has 0 bridgehead atoms. The van der Waals surface area contributed by atoms with E-state index >= 15 is 0 Å². The van der Waals surface area contributed by atoms with E-state index in [4.69, 9.17) is 4.74 Å². The van der Waals surface area contributed by atoms with Crippen molar-refractivity contribution in [2.24, 2.45) is 0 Å². The van der Waals surface area contributed by atoms with Gasteiger partial charge in [0.25, 0.3) is 0 Å². The van der Waals surface area contributed by atoms with Crippen molar-refractivity contribution in [3.05, 3.63) is 30.1 Å². The van der Waals surface area contributed by atoms with Crippen LogP contribution in [0.15, 0.2) is 24.5 Å². The molecule has 0 spiro atoms. The maximum Gasteiger partial charge on any atom is 0.408 e. The Morgan fingerprint density at radius 2 is 2.28 bits per heavy atom. The minimum absolute atomic E-state index is 0.344. The van der Waals surface area contributed by atoms with Crippen molar-refractivity contribution >= 4 is 12.4 Å². The first-order chi connectivity index (χ1) is 8.40. The Hall–Kier alpha value is -1.91. The summed E-state index contributed by atoms with van der Waals surface area (Å²) in [7, 11) is 0. The Morgan fingerprint density at radius 3 is 2.78 bits per heavy atom. The summed E-state index contributed by atoms with van der Waals surface area (Å²) in [6.45, 7) is 5.27. The highest BCUT2D eigenvalue weighted by Gasteiger charge is 2.19. The maximum absolute atomic E-state index is 11.5. The molecule has 97 valence electrons. The predicted molar refractivity (Wildman–Crippen MR) is 66.8 cm³/mol. The summed E-state index contributed by atoms with van der Waals surface area (Å²) >= 11 is 0. The number of nitrogens with zero attached hydrogens (tertiary/aromatic N) is 1. The number of carbonyl (C=O) groups excluding carboxylic acids is 2. The van der Waals surface area contributed by atoms with E-state index in [1.807, 2.05) is 6.07 Å². The lowest BCUT2D eigenvalue weighted by Gasteiger charge is -2.21. The molecular weight excluding hydrogens is 232 g/mol. The minimum atomic E-state index is -0.732. The van der Waals surface area contributed by atoms with Crippen LogP contribution < -0.4 is 5.32 Å². The van der Waals surface area contributed by atoms with E-state index < -0.39 is 17.7 Å². The fourth-order valence-electron chi connectivity index (χ4n) is 1.33. The molecule has 0 saturated heterocycles. The minimum Gasteiger partial charge on any atom is -0.444 e. The molecule has 0 aliphatic carbocycles. The van der Waals surface area contributed by atoms with Crippen molar-refractivity contribution in [2.75, 3.05) is 0 Å². The second kappa shape index (κ2) is 6.14. The summed E-state index contributed by atoms with van der Waals surface area (Å²) in [5.74, 6) is 0. The van der Waals surface area contributed by atoms with Crippen LogP contribution in [0.1, 0.15) is 26.3 Å². The number of rotatable bonds is 4. The largest absolute Gasteiger partial charge is 0.444 e.